The van der Waals surface area contributed by atoms with E-state index in [0.717, 1.165) is 16.0 Å². The highest BCUT2D eigenvalue weighted by Gasteiger charge is 2.70. The Kier molecular flexibility index (Phi) is 5.60. The molecule has 5 unspecified atom stereocenters. The van der Waals surface area contributed by atoms with Crippen molar-refractivity contribution < 1.29 is 24.6 Å². The average Bonchev–Trinajstić information content (AvgIpc) is 3.28. The van der Waals surface area contributed by atoms with Gasteiger partial charge in [-0.2, -0.15) is 0 Å². The van der Waals surface area contributed by atoms with Crippen LogP contribution in [-0.2, 0) is 27.2 Å². The summed E-state index contributed by atoms with van der Waals surface area (Å²) in [7, 11) is 0. The maximum atomic E-state index is 13.8. The number of carboxylic acids is 1. The number of benzene rings is 1. The van der Waals surface area contributed by atoms with Crippen molar-refractivity contribution in [2.75, 3.05) is 4.90 Å². The van der Waals surface area contributed by atoms with Gasteiger partial charge in [-0.05, 0) is 43.0 Å². The molecule has 0 aliphatic carbocycles. The number of fused-ring (bicyclic) bond motifs is 1. The van der Waals surface area contributed by atoms with Crippen LogP contribution in [0.4, 0.5) is 5.69 Å². The molecule has 8 nitrogen and oxygen atoms in total. The molecule has 0 bridgehead atoms. The number of imide groups is 1. The normalized spacial score (nSPS) is 28.1. The second kappa shape index (κ2) is 8.11. The lowest BCUT2D eigenvalue weighted by Crippen LogP contribution is -2.62. The molecule has 5 atom stereocenters. The first-order valence-corrected chi connectivity index (χ1v) is 10.9. The van der Waals surface area contributed by atoms with Gasteiger partial charge >= 0.3 is 5.97 Å². The Morgan fingerprint density at radius 3 is 2.28 bits per heavy atom. The summed E-state index contributed by atoms with van der Waals surface area (Å²) in [5, 5.41) is 23.7. The Hall–Kier alpha value is -3.10. The Morgan fingerprint density at radius 2 is 1.78 bits per heavy atom. The number of aryl methyl sites for hydroxylation is 2. The van der Waals surface area contributed by atoms with Crippen molar-refractivity contribution in [2.24, 2.45) is 11.8 Å². The van der Waals surface area contributed by atoms with Gasteiger partial charge in [0.1, 0.15) is 0 Å². The maximum absolute atomic E-state index is 13.8. The number of para-hydroxylation sites is 1. The zero-order valence-corrected chi connectivity index (χ0v) is 18.3. The number of nitrogens with one attached hydrogen (secondary N) is 1. The number of carboxylic acid groups (broad SMARTS) is 1. The molecule has 3 heterocycles. The fourth-order valence-corrected chi connectivity index (χ4v) is 5.24. The van der Waals surface area contributed by atoms with Crippen LogP contribution < -0.4 is 10.2 Å². The molecular formula is C24H27N3O5. The third kappa shape index (κ3) is 2.97. The number of carbonyl (C=O) groups is 3. The summed E-state index contributed by atoms with van der Waals surface area (Å²) >= 11 is 0. The number of hydrogen-bond acceptors (Lipinski definition) is 6. The fraction of sp³-hybridized carbons (Fsp3) is 0.417. The van der Waals surface area contributed by atoms with Crippen LogP contribution in [0.5, 0.6) is 0 Å². The van der Waals surface area contributed by atoms with Gasteiger partial charge in [0.15, 0.2) is 5.54 Å². The van der Waals surface area contributed by atoms with Gasteiger partial charge in [-0.3, -0.25) is 24.7 Å². The summed E-state index contributed by atoms with van der Waals surface area (Å²) in [4.78, 5) is 45.6. The summed E-state index contributed by atoms with van der Waals surface area (Å²) in [6, 6.07) is 9.95. The molecule has 2 aromatic rings. The van der Waals surface area contributed by atoms with Gasteiger partial charge in [0, 0.05) is 6.20 Å². The number of aliphatic hydroxyl groups excluding tert-OH is 1. The largest absolute Gasteiger partial charge is 0.480 e. The number of carbonyl (C=O) groups excluding carboxylic acids is 2. The van der Waals surface area contributed by atoms with Crippen LogP contribution in [0, 0.1) is 11.8 Å². The van der Waals surface area contributed by atoms with Crippen LogP contribution in [0.3, 0.4) is 0 Å². The van der Waals surface area contributed by atoms with E-state index in [1.807, 2.05) is 32.0 Å². The van der Waals surface area contributed by atoms with Crippen molar-refractivity contribution in [3.05, 3.63) is 59.4 Å². The molecule has 1 aromatic heterocycles. The highest BCUT2D eigenvalue weighted by molar-refractivity contribution is 6.25. The molecule has 2 aliphatic rings. The molecule has 3 N–H and O–H groups in total. The van der Waals surface area contributed by atoms with Crippen LogP contribution in [-0.4, -0.2) is 44.6 Å². The van der Waals surface area contributed by atoms with Gasteiger partial charge in [-0.1, -0.05) is 38.1 Å². The van der Waals surface area contributed by atoms with Crippen molar-refractivity contribution in [1.29, 1.82) is 0 Å². The minimum Gasteiger partial charge on any atom is -0.480 e. The van der Waals surface area contributed by atoms with Crippen LogP contribution in [0.15, 0.2) is 42.6 Å². The quantitative estimate of drug-likeness (QED) is 0.590. The van der Waals surface area contributed by atoms with Crippen LogP contribution in [0.2, 0.25) is 0 Å². The summed E-state index contributed by atoms with van der Waals surface area (Å²) in [6.45, 7) is 5.22. The molecule has 32 heavy (non-hydrogen) atoms. The SMILES string of the molecule is CCc1cccc(CC)c1N1C(=O)C2C(c3ccccn3)NC(C(=O)O)(C(C)O)C2C1=O. The summed E-state index contributed by atoms with van der Waals surface area (Å²) in [5.41, 5.74) is 0.653. The Balaban J connectivity index is 1.93. The number of anilines is 1. The molecule has 2 aliphatic heterocycles. The number of pyridine rings is 1. The minimum absolute atomic E-state index is 0.453. The second-order valence-corrected chi connectivity index (χ2v) is 8.37. The van der Waals surface area contributed by atoms with Gasteiger partial charge in [-0.25, -0.2) is 4.90 Å². The third-order valence-corrected chi connectivity index (χ3v) is 6.80. The van der Waals surface area contributed by atoms with Gasteiger partial charge in [0.25, 0.3) is 0 Å². The lowest BCUT2D eigenvalue weighted by atomic mass is 9.77. The van der Waals surface area contributed by atoms with Gasteiger partial charge in [-0.15, -0.1) is 0 Å². The number of aliphatic hydroxyl groups is 1. The molecule has 8 heteroatoms. The van der Waals surface area contributed by atoms with Crippen molar-refractivity contribution in [3.8, 4) is 0 Å². The highest BCUT2D eigenvalue weighted by atomic mass is 16.4. The number of aromatic nitrogens is 1. The zero-order chi connectivity index (χ0) is 23.2. The predicted molar refractivity (Wildman–Crippen MR) is 117 cm³/mol. The Labute approximate surface area is 186 Å². The Morgan fingerprint density at radius 1 is 1.12 bits per heavy atom. The average molecular weight is 437 g/mol. The number of rotatable bonds is 6. The van der Waals surface area contributed by atoms with E-state index in [0.29, 0.717) is 24.2 Å². The first-order chi connectivity index (χ1) is 15.3. The van der Waals surface area contributed by atoms with E-state index in [-0.39, 0.29) is 0 Å². The molecule has 0 saturated carbocycles. The van der Waals surface area contributed by atoms with Crippen LogP contribution in [0.25, 0.3) is 0 Å². The fourth-order valence-electron chi connectivity index (χ4n) is 5.24. The maximum Gasteiger partial charge on any atom is 0.327 e. The summed E-state index contributed by atoms with van der Waals surface area (Å²) < 4.78 is 0. The predicted octanol–water partition coefficient (Wildman–Crippen LogP) is 1.86. The number of amides is 2. The van der Waals surface area contributed by atoms with Gasteiger partial charge in [0.2, 0.25) is 11.8 Å². The van der Waals surface area contributed by atoms with Gasteiger partial charge < -0.3 is 10.2 Å². The zero-order valence-electron chi connectivity index (χ0n) is 18.3. The molecule has 1 aromatic carbocycles. The van der Waals surface area contributed by atoms with E-state index in [1.54, 1.807) is 24.4 Å². The summed E-state index contributed by atoms with van der Waals surface area (Å²) in [5.74, 6) is -4.72. The van der Waals surface area contributed by atoms with E-state index in [1.165, 1.54) is 6.92 Å². The van der Waals surface area contributed by atoms with Crippen molar-refractivity contribution in [3.63, 3.8) is 0 Å². The van der Waals surface area contributed by atoms with Crippen molar-refractivity contribution >= 4 is 23.5 Å². The standard InChI is InChI=1S/C24H27N3O5/c1-4-14-9-8-10-15(5-2)20(14)27-21(29)17-18(22(27)30)24(13(3)28,23(31)32)26-19(17)16-11-6-7-12-25-16/h6-13,17-19,26,28H,4-5H2,1-3H3,(H,31,32). The van der Waals surface area contributed by atoms with Crippen LogP contribution in [0.1, 0.15) is 43.6 Å². The third-order valence-electron chi connectivity index (χ3n) is 6.80. The first-order valence-electron chi connectivity index (χ1n) is 10.9. The van der Waals surface area contributed by atoms with E-state index >= 15 is 0 Å². The monoisotopic (exact) mass is 437 g/mol. The molecule has 0 spiro atoms. The summed E-state index contributed by atoms with van der Waals surface area (Å²) in [6.07, 6.45) is 1.34. The number of hydrogen-bond donors (Lipinski definition) is 3. The molecule has 2 saturated heterocycles. The first kappa shape index (κ1) is 22.1. The molecule has 0 radical (unpaired) electrons. The topological polar surface area (TPSA) is 120 Å². The van der Waals surface area contributed by atoms with E-state index in [2.05, 4.69) is 10.3 Å². The Bertz CT molecular complexity index is 1050. The van der Waals surface area contributed by atoms with E-state index in [4.69, 9.17) is 0 Å². The van der Waals surface area contributed by atoms with Crippen molar-refractivity contribution in [1.82, 2.24) is 10.3 Å². The smallest absolute Gasteiger partial charge is 0.327 e. The molecule has 4 rings (SSSR count). The lowest BCUT2D eigenvalue weighted by molar-refractivity contribution is -0.154. The minimum atomic E-state index is -2.01. The van der Waals surface area contributed by atoms with E-state index in [9.17, 15) is 24.6 Å². The van der Waals surface area contributed by atoms with E-state index < -0.39 is 47.3 Å². The van der Waals surface area contributed by atoms with Crippen LogP contribution >= 0.6 is 0 Å². The molecule has 2 fully saturated rings. The number of nitrogens with zero attached hydrogens (tertiary/aromatic N) is 2. The van der Waals surface area contributed by atoms with Crippen molar-refractivity contribution in [2.45, 2.75) is 51.3 Å². The highest BCUT2D eigenvalue weighted by Crippen LogP contribution is 2.51. The molecule has 2 amide bonds. The second-order valence-electron chi connectivity index (χ2n) is 8.37. The molecule has 168 valence electrons. The lowest BCUT2D eigenvalue weighted by Gasteiger charge is -2.33. The van der Waals surface area contributed by atoms with Gasteiger partial charge in [0.05, 0.1) is 35.4 Å². The molecular weight excluding hydrogens is 410 g/mol. The number of aliphatic carboxylic acids is 1.